The van der Waals surface area contributed by atoms with Gasteiger partial charge >= 0.3 is 0 Å². The topological polar surface area (TPSA) is 62.1 Å². The van der Waals surface area contributed by atoms with Gasteiger partial charge in [0.05, 0.1) is 10.4 Å². The van der Waals surface area contributed by atoms with Crippen molar-refractivity contribution in [3.63, 3.8) is 0 Å². The SMILES string of the molecule is CC.CC.N#Cc1cc(C=O)sc1NC1CCCC1.c1ccc(Oc2ccccc2)cc1. The lowest BCUT2D eigenvalue weighted by Crippen LogP contribution is -2.13. The summed E-state index contributed by atoms with van der Waals surface area (Å²) in [4.78, 5) is 11.2. The van der Waals surface area contributed by atoms with E-state index in [-0.39, 0.29) is 0 Å². The Morgan fingerprint density at radius 2 is 1.44 bits per heavy atom. The molecule has 4 nitrogen and oxygen atoms in total. The van der Waals surface area contributed by atoms with Crippen molar-refractivity contribution >= 4 is 22.6 Å². The molecule has 1 saturated carbocycles. The molecule has 32 heavy (non-hydrogen) atoms. The van der Waals surface area contributed by atoms with Gasteiger partial charge in [0.1, 0.15) is 22.6 Å². The summed E-state index contributed by atoms with van der Waals surface area (Å²) in [5.74, 6) is 1.74. The highest BCUT2D eigenvalue weighted by atomic mass is 32.1. The number of rotatable bonds is 5. The van der Waals surface area contributed by atoms with Gasteiger partial charge in [0.2, 0.25) is 0 Å². The molecule has 170 valence electrons. The Morgan fingerprint density at radius 1 is 0.938 bits per heavy atom. The number of aldehydes is 1. The van der Waals surface area contributed by atoms with Crippen LogP contribution in [0.1, 0.15) is 68.6 Å². The van der Waals surface area contributed by atoms with Crippen molar-refractivity contribution in [1.82, 2.24) is 0 Å². The van der Waals surface area contributed by atoms with Gasteiger partial charge in [-0.15, -0.1) is 11.3 Å². The summed E-state index contributed by atoms with van der Waals surface area (Å²) in [6, 6.07) is 23.8. The fourth-order valence-corrected chi connectivity index (χ4v) is 3.93. The lowest BCUT2D eigenvalue weighted by Gasteiger charge is -2.11. The highest BCUT2D eigenvalue weighted by molar-refractivity contribution is 7.17. The highest BCUT2D eigenvalue weighted by Crippen LogP contribution is 2.30. The second-order valence-electron chi connectivity index (χ2n) is 6.48. The quantitative estimate of drug-likeness (QED) is 0.397. The van der Waals surface area contributed by atoms with Crippen LogP contribution in [0, 0.1) is 11.3 Å². The number of hydrogen-bond donors (Lipinski definition) is 1. The molecule has 4 rings (SSSR count). The van der Waals surface area contributed by atoms with Gasteiger partial charge in [-0.2, -0.15) is 5.26 Å². The molecule has 1 aliphatic carbocycles. The Kier molecular flexibility index (Phi) is 14.0. The van der Waals surface area contributed by atoms with Crippen LogP contribution < -0.4 is 10.1 Å². The summed E-state index contributed by atoms with van der Waals surface area (Å²) in [6.45, 7) is 8.00. The summed E-state index contributed by atoms with van der Waals surface area (Å²) in [7, 11) is 0. The number of carbonyl (C=O) groups is 1. The van der Waals surface area contributed by atoms with Crippen LogP contribution in [0.2, 0.25) is 0 Å². The van der Waals surface area contributed by atoms with E-state index in [1.54, 1.807) is 6.07 Å². The van der Waals surface area contributed by atoms with Crippen molar-refractivity contribution in [2.75, 3.05) is 5.32 Å². The summed E-state index contributed by atoms with van der Waals surface area (Å²) in [5, 5.41) is 13.1. The van der Waals surface area contributed by atoms with Crippen LogP contribution in [-0.2, 0) is 0 Å². The van der Waals surface area contributed by atoms with Crippen molar-refractivity contribution in [3.8, 4) is 17.6 Å². The number of anilines is 1. The molecule has 0 aliphatic heterocycles. The average molecular weight is 451 g/mol. The van der Waals surface area contributed by atoms with Crippen LogP contribution in [0.4, 0.5) is 5.00 Å². The van der Waals surface area contributed by atoms with Crippen LogP contribution in [0.5, 0.6) is 11.5 Å². The van der Waals surface area contributed by atoms with E-state index in [1.165, 1.54) is 37.0 Å². The lowest BCUT2D eigenvalue weighted by molar-refractivity contribution is 0.112. The normalized spacial score (nSPS) is 11.8. The molecule has 0 bridgehead atoms. The summed E-state index contributed by atoms with van der Waals surface area (Å²) in [6.07, 6.45) is 5.64. The zero-order valence-corrected chi connectivity index (χ0v) is 20.3. The first kappa shape index (κ1) is 26.9. The van der Waals surface area contributed by atoms with Gasteiger partial charge < -0.3 is 10.1 Å². The van der Waals surface area contributed by atoms with Crippen LogP contribution in [0.3, 0.4) is 0 Å². The third kappa shape index (κ3) is 9.36. The zero-order chi connectivity index (χ0) is 23.6. The molecule has 1 aliphatic rings. The van der Waals surface area contributed by atoms with Crippen LogP contribution in [0.15, 0.2) is 66.7 Å². The standard InChI is InChI=1S/C12H10O.C11H12N2OS.2C2H6/c1-3-7-11(8-4-1)13-12-9-5-2-6-10-12;12-6-8-5-10(7-14)15-11(8)13-9-3-1-2-4-9;2*1-2/h1-10H;5,7,9,13H,1-4H2;2*1-2H3. The van der Waals surface area contributed by atoms with Crippen molar-refractivity contribution in [3.05, 3.63) is 77.2 Å². The smallest absolute Gasteiger partial charge is 0.160 e. The number of thiophene rings is 1. The van der Waals surface area contributed by atoms with E-state index < -0.39 is 0 Å². The molecule has 0 spiro atoms. The predicted molar refractivity (Wildman–Crippen MR) is 136 cm³/mol. The first-order valence-electron chi connectivity index (χ1n) is 11.3. The van der Waals surface area contributed by atoms with E-state index in [0.717, 1.165) is 22.8 Å². The monoisotopic (exact) mass is 450 g/mol. The van der Waals surface area contributed by atoms with Gasteiger partial charge in [0.25, 0.3) is 0 Å². The van der Waals surface area contributed by atoms with Crippen molar-refractivity contribution in [1.29, 1.82) is 5.26 Å². The van der Waals surface area contributed by atoms with E-state index in [9.17, 15) is 4.79 Å². The number of hydrogen-bond acceptors (Lipinski definition) is 5. The van der Waals surface area contributed by atoms with Gasteiger partial charge in [0, 0.05) is 6.04 Å². The Hall–Kier alpha value is -3.10. The number of para-hydroxylation sites is 2. The molecule has 5 heteroatoms. The van der Waals surface area contributed by atoms with Crippen LogP contribution in [-0.4, -0.2) is 12.3 Å². The van der Waals surface area contributed by atoms with Gasteiger partial charge in [-0.25, -0.2) is 0 Å². The minimum Gasteiger partial charge on any atom is -0.457 e. The van der Waals surface area contributed by atoms with Gasteiger partial charge in [-0.1, -0.05) is 76.9 Å². The predicted octanol–water partition coefficient (Wildman–Crippen LogP) is 8.32. The van der Waals surface area contributed by atoms with E-state index in [2.05, 4.69) is 11.4 Å². The molecular formula is C27H34N2O2S. The van der Waals surface area contributed by atoms with Crippen LogP contribution in [0.25, 0.3) is 0 Å². The van der Waals surface area contributed by atoms with Gasteiger partial charge in [-0.3, -0.25) is 4.79 Å². The van der Waals surface area contributed by atoms with Crippen molar-refractivity contribution in [2.45, 2.75) is 59.4 Å². The third-order valence-corrected chi connectivity index (χ3v) is 5.39. The fraction of sp³-hybridized carbons (Fsp3) is 0.333. The number of benzene rings is 2. The summed E-state index contributed by atoms with van der Waals surface area (Å²) in [5.41, 5.74) is 0.592. The average Bonchev–Trinajstić information content (AvgIpc) is 3.53. The molecule has 0 amide bonds. The summed E-state index contributed by atoms with van der Waals surface area (Å²) >= 11 is 1.37. The molecule has 1 heterocycles. The fourth-order valence-electron chi connectivity index (χ4n) is 3.03. The Labute approximate surface area is 196 Å². The zero-order valence-electron chi connectivity index (χ0n) is 19.5. The minimum absolute atomic E-state index is 0.482. The molecule has 0 saturated heterocycles. The molecule has 1 fully saturated rings. The number of ether oxygens (including phenoxy) is 1. The molecule has 0 atom stereocenters. The Bertz CT molecular complexity index is 874. The maximum absolute atomic E-state index is 10.6. The number of carbonyl (C=O) groups excluding carboxylic acids is 1. The van der Waals surface area contributed by atoms with Crippen LogP contribution >= 0.6 is 11.3 Å². The molecular weight excluding hydrogens is 416 g/mol. The third-order valence-electron chi connectivity index (χ3n) is 4.40. The number of nitrogens with one attached hydrogen (secondary N) is 1. The lowest BCUT2D eigenvalue weighted by atomic mass is 10.2. The van der Waals surface area contributed by atoms with Crippen molar-refractivity contribution in [2.24, 2.45) is 0 Å². The highest BCUT2D eigenvalue weighted by Gasteiger charge is 2.17. The second-order valence-corrected chi connectivity index (χ2v) is 7.56. The summed E-state index contributed by atoms with van der Waals surface area (Å²) < 4.78 is 5.58. The van der Waals surface area contributed by atoms with E-state index in [0.29, 0.717) is 16.5 Å². The first-order chi connectivity index (χ1) is 15.8. The molecule has 1 N–H and O–H groups in total. The second kappa shape index (κ2) is 16.6. The molecule has 0 unspecified atom stereocenters. The maximum atomic E-state index is 10.6. The number of nitriles is 1. The molecule has 0 radical (unpaired) electrons. The number of nitrogens with zero attached hydrogens (tertiary/aromatic N) is 1. The van der Waals surface area contributed by atoms with E-state index >= 15 is 0 Å². The Balaban J connectivity index is 0.000000279. The largest absolute Gasteiger partial charge is 0.457 e. The minimum atomic E-state index is 0.482. The maximum Gasteiger partial charge on any atom is 0.160 e. The molecule has 3 aromatic rings. The Morgan fingerprint density at radius 3 is 1.88 bits per heavy atom. The first-order valence-corrected chi connectivity index (χ1v) is 12.1. The van der Waals surface area contributed by atoms with E-state index in [4.69, 9.17) is 10.00 Å². The molecule has 2 aromatic carbocycles. The molecule has 1 aromatic heterocycles. The van der Waals surface area contributed by atoms with Gasteiger partial charge in [-0.05, 0) is 43.2 Å². The van der Waals surface area contributed by atoms with E-state index in [1.807, 2.05) is 88.4 Å². The van der Waals surface area contributed by atoms with Gasteiger partial charge in [0.15, 0.2) is 6.29 Å². The van der Waals surface area contributed by atoms with Crippen molar-refractivity contribution < 1.29 is 9.53 Å².